The Kier molecular flexibility index (Phi) is 1.90. The molecule has 3 heteroatoms. The van der Waals surface area contributed by atoms with Gasteiger partial charge in [-0.15, -0.1) is 0 Å². The van der Waals surface area contributed by atoms with Gasteiger partial charge in [0.05, 0.1) is 18.2 Å². The van der Waals surface area contributed by atoms with Crippen molar-refractivity contribution in [3.05, 3.63) is 29.5 Å². The van der Waals surface area contributed by atoms with Crippen molar-refractivity contribution in [2.45, 2.75) is 6.92 Å². The third kappa shape index (κ3) is 1.05. The summed E-state index contributed by atoms with van der Waals surface area (Å²) in [4.78, 5) is 3.08. The van der Waals surface area contributed by atoms with Crippen LogP contribution >= 0.6 is 0 Å². The van der Waals surface area contributed by atoms with Crippen molar-refractivity contribution in [3.63, 3.8) is 0 Å². The average molecular weight is 186 g/mol. The third-order valence-electron chi connectivity index (χ3n) is 2.33. The van der Waals surface area contributed by atoms with Gasteiger partial charge in [0.2, 0.25) is 0 Å². The first-order chi connectivity index (χ1) is 6.77. The van der Waals surface area contributed by atoms with E-state index in [1.807, 2.05) is 19.2 Å². The number of nitrogens with one attached hydrogen (secondary N) is 1. The maximum Gasteiger partial charge on any atom is 0.128 e. The van der Waals surface area contributed by atoms with Crippen LogP contribution in [0.3, 0.4) is 0 Å². The van der Waals surface area contributed by atoms with E-state index in [2.05, 4.69) is 11.1 Å². The second kappa shape index (κ2) is 3.08. The first kappa shape index (κ1) is 8.64. The molecule has 3 nitrogen and oxygen atoms in total. The molecule has 0 atom stereocenters. The largest absolute Gasteiger partial charge is 0.496 e. The van der Waals surface area contributed by atoms with Gasteiger partial charge in [0.1, 0.15) is 11.8 Å². The molecule has 2 rings (SSSR count). The van der Waals surface area contributed by atoms with Crippen LogP contribution in [0.4, 0.5) is 0 Å². The second-order valence-corrected chi connectivity index (χ2v) is 3.15. The highest BCUT2D eigenvalue weighted by molar-refractivity contribution is 5.93. The number of ether oxygens (including phenoxy) is 1. The number of H-pyrrole nitrogens is 1. The molecule has 14 heavy (non-hydrogen) atoms. The summed E-state index contributed by atoms with van der Waals surface area (Å²) in [6.45, 7) is 1.99. The van der Waals surface area contributed by atoms with Gasteiger partial charge in [-0.2, -0.15) is 5.26 Å². The van der Waals surface area contributed by atoms with E-state index in [9.17, 15) is 0 Å². The van der Waals surface area contributed by atoms with Crippen LogP contribution in [0, 0.1) is 18.3 Å². The number of aromatic nitrogens is 1. The van der Waals surface area contributed by atoms with Crippen molar-refractivity contribution in [2.75, 3.05) is 7.11 Å². The van der Waals surface area contributed by atoms with Crippen molar-refractivity contribution >= 4 is 10.9 Å². The van der Waals surface area contributed by atoms with E-state index < -0.39 is 0 Å². The Morgan fingerprint density at radius 3 is 2.86 bits per heavy atom. The second-order valence-electron chi connectivity index (χ2n) is 3.15. The van der Waals surface area contributed by atoms with Crippen molar-refractivity contribution in [2.24, 2.45) is 0 Å². The van der Waals surface area contributed by atoms with E-state index in [0.29, 0.717) is 5.56 Å². The number of aryl methyl sites for hydroxylation is 1. The molecule has 0 amide bonds. The van der Waals surface area contributed by atoms with Gasteiger partial charge < -0.3 is 9.72 Å². The van der Waals surface area contributed by atoms with Crippen molar-refractivity contribution in [1.29, 1.82) is 5.26 Å². The minimum atomic E-state index is 0.647. The van der Waals surface area contributed by atoms with Crippen LogP contribution in [-0.2, 0) is 0 Å². The molecule has 0 fully saturated rings. The van der Waals surface area contributed by atoms with E-state index >= 15 is 0 Å². The molecule has 0 bridgehead atoms. The maximum atomic E-state index is 8.90. The number of benzene rings is 1. The van der Waals surface area contributed by atoms with Gasteiger partial charge in [-0.1, -0.05) is 0 Å². The highest BCUT2D eigenvalue weighted by Crippen LogP contribution is 2.30. The highest BCUT2D eigenvalue weighted by Gasteiger charge is 2.09. The summed E-state index contributed by atoms with van der Waals surface area (Å²) < 4.78 is 5.24. The van der Waals surface area contributed by atoms with Gasteiger partial charge >= 0.3 is 0 Å². The lowest BCUT2D eigenvalue weighted by Crippen LogP contribution is -1.86. The van der Waals surface area contributed by atoms with Crippen molar-refractivity contribution in [3.8, 4) is 11.8 Å². The van der Waals surface area contributed by atoms with Crippen LogP contribution in [0.25, 0.3) is 10.9 Å². The quantitative estimate of drug-likeness (QED) is 0.743. The number of methoxy groups -OCH3 is 1. The molecule has 0 saturated heterocycles. The molecule has 2 aromatic rings. The summed E-state index contributed by atoms with van der Waals surface area (Å²) in [5.41, 5.74) is 2.59. The molecule has 70 valence electrons. The molecule has 0 unspecified atom stereocenters. The first-order valence-electron chi connectivity index (χ1n) is 4.32. The Morgan fingerprint density at radius 1 is 1.43 bits per heavy atom. The number of nitriles is 1. The number of fused-ring (bicyclic) bond motifs is 1. The maximum absolute atomic E-state index is 8.90. The minimum absolute atomic E-state index is 0.647. The summed E-state index contributed by atoms with van der Waals surface area (Å²) in [5.74, 6) is 0.803. The van der Waals surface area contributed by atoms with Crippen molar-refractivity contribution < 1.29 is 4.74 Å². The zero-order valence-electron chi connectivity index (χ0n) is 8.09. The van der Waals surface area contributed by atoms with E-state index in [1.165, 1.54) is 0 Å². The van der Waals surface area contributed by atoms with Crippen LogP contribution in [0.1, 0.15) is 11.1 Å². The van der Waals surface area contributed by atoms with Gasteiger partial charge in [-0.3, -0.25) is 0 Å². The summed E-state index contributed by atoms with van der Waals surface area (Å²) in [6, 6.07) is 5.73. The molecule has 1 heterocycles. The number of rotatable bonds is 1. The zero-order chi connectivity index (χ0) is 10.1. The summed E-state index contributed by atoms with van der Waals surface area (Å²) in [6.07, 6.45) is 1.88. The van der Waals surface area contributed by atoms with Crippen LogP contribution in [-0.4, -0.2) is 12.1 Å². The monoisotopic (exact) mass is 186 g/mol. The van der Waals surface area contributed by atoms with E-state index in [4.69, 9.17) is 10.00 Å². The molecule has 1 N–H and O–H groups in total. The Morgan fingerprint density at radius 2 is 2.21 bits per heavy atom. The van der Waals surface area contributed by atoms with Crippen molar-refractivity contribution in [1.82, 2.24) is 4.98 Å². The fraction of sp³-hybridized carbons (Fsp3) is 0.182. The molecular formula is C11H10N2O. The smallest absolute Gasteiger partial charge is 0.128 e. The fourth-order valence-corrected chi connectivity index (χ4v) is 1.64. The van der Waals surface area contributed by atoms with Crippen LogP contribution < -0.4 is 4.74 Å². The van der Waals surface area contributed by atoms with Crippen LogP contribution in [0.2, 0.25) is 0 Å². The number of hydrogen-bond acceptors (Lipinski definition) is 2. The predicted octanol–water partition coefficient (Wildman–Crippen LogP) is 2.36. The molecule has 1 aromatic carbocycles. The van der Waals surface area contributed by atoms with Gasteiger partial charge in [-0.25, -0.2) is 0 Å². The van der Waals surface area contributed by atoms with Gasteiger partial charge in [-0.05, 0) is 24.6 Å². The Labute approximate surface area is 81.9 Å². The molecule has 0 aliphatic rings. The van der Waals surface area contributed by atoms with Gasteiger partial charge in [0.15, 0.2) is 0 Å². The van der Waals surface area contributed by atoms with Gasteiger partial charge in [0.25, 0.3) is 0 Å². The summed E-state index contributed by atoms with van der Waals surface area (Å²) in [7, 11) is 1.63. The lowest BCUT2D eigenvalue weighted by Gasteiger charge is -2.03. The lowest BCUT2D eigenvalue weighted by molar-refractivity contribution is 0.419. The topological polar surface area (TPSA) is 48.8 Å². The first-order valence-corrected chi connectivity index (χ1v) is 4.32. The molecule has 0 aliphatic heterocycles. The molecule has 0 radical (unpaired) electrons. The van der Waals surface area contributed by atoms with E-state index in [-0.39, 0.29) is 0 Å². The van der Waals surface area contributed by atoms with Crippen LogP contribution in [0.15, 0.2) is 18.3 Å². The van der Waals surface area contributed by atoms with Gasteiger partial charge in [0, 0.05) is 11.6 Å². The average Bonchev–Trinajstić information content (AvgIpc) is 2.60. The van der Waals surface area contributed by atoms with E-state index in [0.717, 1.165) is 22.2 Å². The highest BCUT2D eigenvalue weighted by atomic mass is 16.5. The Bertz CT molecular complexity index is 520. The normalized spacial score (nSPS) is 10.1. The molecule has 0 spiro atoms. The molecule has 0 aliphatic carbocycles. The van der Waals surface area contributed by atoms with E-state index in [1.54, 1.807) is 13.2 Å². The zero-order valence-corrected chi connectivity index (χ0v) is 8.09. The summed E-state index contributed by atoms with van der Waals surface area (Å²) in [5, 5.41) is 9.89. The lowest BCUT2D eigenvalue weighted by atomic mass is 10.1. The van der Waals surface area contributed by atoms with Crippen LogP contribution in [0.5, 0.6) is 5.75 Å². The molecular weight excluding hydrogens is 176 g/mol. The Hall–Kier alpha value is -1.95. The number of aromatic amines is 1. The standard InChI is InChI=1S/C11H10N2O/c1-7-6-13-11-8(5-12)3-4-9(14-2)10(7)11/h3-4,6,13H,1-2H3. The predicted molar refractivity (Wildman–Crippen MR) is 54.3 cm³/mol. The third-order valence-corrected chi connectivity index (χ3v) is 2.33. The minimum Gasteiger partial charge on any atom is -0.496 e. The fourth-order valence-electron chi connectivity index (χ4n) is 1.64. The SMILES string of the molecule is COc1ccc(C#N)c2[nH]cc(C)c12. The number of hydrogen-bond donors (Lipinski definition) is 1. The molecule has 0 saturated carbocycles. The number of nitrogens with zero attached hydrogens (tertiary/aromatic N) is 1. The molecule has 1 aromatic heterocycles. The Balaban J connectivity index is 2.89. The summed E-state index contributed by atoms with van der Waals surface area (Å²) >= 11 is 0.